The first-order valence-corrected chi connectivity index (χ1v) is 11.8. The Morgan fingerprint density at radius 1 is 1.03 bits per heavy atom. The van der Waals surface area contributed by atoms with Crippen LogP contribution in [0.3, 0.4) is 0 Å². The molecule has 168 valence electrons. The molecule has 1 N–H and O–H groups in total. The van der Waals surface area contributed by atoms with Crippen LogP contribution in [0, 0.1) is 6.92 Å². The highest BCUT2D eigenvalue weighted by Gasteiger charge is 2.51. The maximum Gasteiger partial charge on any atom is 0.410 e. The Labute approximate surface area is 194 Å². The molecule has 5 nitrogen and oxygen atoms in total. The Hall–Kier alpha value is -3.18. The highest BCUT2D eigenvalue weighted by Crippen LogP contribution is 2.47. The fourth-order valence-electron chi connectivity index (χ4n) is 6.24. The SMILES string of the molecule is Cc1cncc(C2(O)CC3CCC(C2)N3C(=O)OCC2c3ccccc3-c3ccccc32)c1. The molecule has 0 saturated carbocycles. The third-order valence-corrected chi connectivity index (χ3v) is 7.73. The smallest absolute Gasteiger partial charge is 0.410 e. The highest BCUT2D eigenvalue weighted by molar-refractivity contribution is 5.79. The van der Waals surface area contributed by atoms with Crippen molar-refractivity contribution in [2.45, 2.75) is 56.2 Å². The number of aryl methyl sites for hydroxylation is 1. The molecule has 2 aliphatic heterocycles. The molecule has 3 heterocycles. The topological polar surface area (TPSA) is 62.7 Å². The third-order valence-electron chi connectivity index (χ3n) is 7.73. The van der Waals surface area contributed by atoms with Crippen molar-refractivity contribution < 1.29 is 14.6 Å². The maximum atomic E-state index is 13.3. The fourth-order valence-corrected chi connectivity index (χ4v) is 6.24. The van der Waals surface area contributed by atoms with Gasteiger partial charge in [-0.05, 0) is 47.6 Å². The number of aromatic nitrogens is 1. The van der Waals surface area contributed by atoms with E-state index in [1.807, 2.05) is 30.0 Å². The van der Waals surface area contributed by atoms with Gasteiger partial charge in [0.25, 0.3) is 0 Å². The normalized spacial score (nSPS) is 25.6. The second-order valence-electron chi connectivity index (χ2n) is 9.79. The van der Waals surface area contributed by atoms with E-state index in [2.05, 4.69) is 41.4 Å². The second kappa shape index (κ2) is 7.70. The number of carbonyl (C=O) groups is 1. The molecule has 5 heteroatoms. The number of hydrogen-bond acceptors (Lipinski definition) is 4. The number of amides is 1. The average molecular weight is 441 g/mol. The zero-order chi connectivity index (χ0) is 22.6. The summed E-state index contributed by atoms with van der Waals surface area (Å²) in [5.74, 6) is 0.0547. The minimum atomic E-state index is -0.940. The van der Waals surface area contributed by atoms with Gasteiger partial charge in [-0.15, -0.1) is 0 Å². The summed E-state index contributed by atoms with van der Waals surface area (Å²) in [6, 6.07) is 18.7. The van der Waals surface area contributed by atoms with Gasteiger partial charge in [-0.25, -0.2) is 4.79 Å². The van der Waals surface area contributed by atoms with Gasteiger partial charge < -0.3 is 14.7 Å². The summed E-state index contributed by atoms with van der Waals surface area (Å²) >= 11 is 0. The number of piperidine rings is 1. The molecule has 6 rings (SSSR count). The highest BCUT2D eigenvalue weighted by atomic mass is 16.6. The van der Waals surface area contributed by atoms with Crippen molar-refractivity contribution in [3.8, 4) is 11.1 Å². The molecule has 1 aromatic heterocycles. The van der Waals surface area contributed by atoms with Crippen LogP contribution in [0.1, 0.15) is 53.9 Å². The van der Waals surface area contributed by atoms with E-state index in [0.717, 1.165) is 24.0 Å². The molecular formula is C28H28N2O3. The fraction of sp³-hybridized carbons (Fsp3) is 0.357. The molecule has 1 aliphatic carbocycles. The van der Waals surface area contributed by atoms with Crippen molar-refractivity contribution in [1.29, 1.82) is 0 Å². The van der Waals surface area contributed by atoms with E-state index in [0.29, 0.717) is 19.4 Å². The number of ether oxygens (including phenoxy) is 1. The molecule has 0 radical (unpaired) electrons. The molecule has 2 bridgehead atoms. The first kappa shape index (κ1) is 20.4. The molecule has 1 amide bonds. The van der Waals surface area contributed by atoms with Crippen LogP contribution in [0.25, 0.3) is 11.1 Å². The molecule has 2 unspecified atom stereocenters. The number of carbonyl (C=O) groups excluding carboxylic acids is 1. The Balaban J connectivity index is 1.19. The van der Waals surface area contributed by atoms with E-state index < -0.39 is 5.60 Å². The molecule has 2 saturated heterocycles. The van der Waals surface area contributed by atoms with Crippen molar-refractivity contribution >= 4 is 6.09 Å². The van der Waals surface area contributed by atoms with Crippen molar-refractivity contribution in [3.05, 3.63) is 89.2 Å². The second-order valence-corrected chi connectivity index (χ2v) is 9.79. The molecule has 0 spiro atoms. The third kappa shape index (κ3) is 3.34. The summed E-state index contributed by atoms with van der Waals surface area (Å²) in [7, 11) is 0. The standard InChI is InChI=1S/C28H28N2O3/c1-18-12-19(16-29-15-18)28(32)13-20-10-11-21(14-28)30(20)27(31)33-17-26-24-8-4-2-6-22(24)23-7-3-5-9-25(23)26/h2-9,12,15-16,20-21,26,32H,10-11,13-14,17H2,1H3. The first-order chi connectivity index (χ1) is 16.0. The van der Waals surface area contributed by atoms with E-state index in [-0.39, 0.29) is 24.1 Å². The van der Waals surface area contributed by atoms with Gasteiger partial charge in [0.15, 0.2) is 0 Å². The number of fused-ring (bicyclic) bond motifs is 5. The number of nitrogens with zero attached hydrogens (tertiary/aromatic N) is 2. The van der Waals surface area contributed by atoms with E-state index in [1.165, 1.54) is 22.3 Å². The van der Waals surface area contributed by atoms with Gasteiger partial charge in [0.2, 0.25) is 0 Å². The molecule has 3 aliphatic rings. The summed E-state index contributed by atoms with van der Waals surface area (Å²) in [6.07, 6.45) is 6.15. The molecular weight excluding hydrogens is 412 g/mol. The van der Waals surface area contributed by atoms with Crippen LogP contribution in [-0.2, 0) is 10.3 Å². The predicted molar refractivity (Wildman–Crippen MR) is 126 cm³/mol. The number of rotatable bonds is 3. The van der Waals surface area contributed by atoms with Crippen LogP contribution in [0.2, 0.25) is 0 Å². The first-order valence-electron chi connectivity index (χ1n) is 11.8. The quantitative estimate of drug-likeness (QED) is 0.612. The summed E-state index contributed by atoms with van der Waals surface area (Å²) in [5.41, 5.74) is 5.83. The van der Waals surface area contributed by atoms with Gasteiger partial charge >= 0.3 is 6.09 Å². The van der Waals surface area contributed by atoms with Gasteiger partial charge in [-0.2, -0.15) is 0 Å². The maximum absolute atomic E-state index is 13.3. The van der Waals surface area contributed by atoms with E-state index in [4.69, 9.17) is 4.74 Å². The molecule has 33 heavy (non-hydrogen) atoms. The minimum Gasteiger partial charge on any atom is -0.448 e. The molecule has 2 atom stereocenters. The lowest BCUT2D eigenvalue weighted by molar-refractivity contribution is -0.0533. The largest absolute Gasteiger partial charge is 0.448 e. The molecule has 2 aromatic carbocycles. The van der Waals surface area contributed by atoms with Crippen LogP contribution >= 0.6 is 0 Å². The number of hydrogen-bond donors (Lipinski definition) is 1. The van der Waals surface area contributed by atoms with Gasteiger partial charge in [-0.3, -0.25) is 4.98 Å². The predicted octanol–water partition coefficient (Wildman–Crippen LogP) is 5.15. The van der Waals surface area contributed by atoms with Crippen molar-refractivity contribution in [2.24, 2.45) is 0 Å². The Morgan fingerprint density at radius 3 is 2.24 bits per heavy atom. The average Bonchev–Trinajstić information content (AvgIpc) is 3.30. The molecule has 2 fully saturated rings. The lowest BCUT2D eigenvalue weighted by Gasteiger charge is -2.43. The van der Waals surface area contributed by atoms with Crippen LogP contribution < -0.4 is 0 Å². The Morgan fingerprint density at radius 2 is 1.64 bits per heavy atom. The zero-order valence-electron chi connectivity index (χ0n) is 18.8. The van der Waals surface area contributed by atoms with Crippen molar-refractivity contribution in [2.75, 3.05) is 6.61 Å². The van der Waals surface area contributed by atoms with Crippen molar-refractivity contribution in [1.82, 2.24) is 9.88 Å². The lowest BCUT2D eigenvalue weighted by Crippen LogP contribution is -2.52. The van der Waals surface area contributed by atoms with Gasteiger partial charge in [0.05, 0.1) is 5.60 Å². The van der Waals surface area contributed by atoms with Gasteiger partial charge in [0.1, 0.15) is 6.61 Å². The summed E-state index contributed by atoms with van der Waals surface area (Å²) < 4.78 is 5.95. The van der Waals surface area contributed by atoms with E-state index >= 15 is 0 Å². The van der Waals surface area contributed by atoms with Crippen LogP contribution in [-0.4, -0.2) is 39.8 Å². The molecule has 3 aromatic rings. The zero-order valence-corrected chi connectivity index (χ0v) is 18.8. The van der Waals surface area contributed by atoms with Crippen LogP contribution in [0.4, 0.5) is 4.79 Å². The summed E-state index contributed by atoms with van der Waals surface area (Å²) in [4.78, 5) is 19.4. The van der Waals surface area contributed by atoms with Crippen LogP contribution in [0.15, 0.2) is 67.0 Å². The Kier molecular flexibility index (Phi) is 4.77. The Bertz CT molecular complexity index is 1160. The monoisotopic (exact) mass is 440 g/mol. The van der Waals surface area contributed by atoms with E-state index in [9.17, 15) is 9.90 Å². The number of benzene rings is 2. The van der Waals surface area contributed by atoms with Crippen molar-refractivity contribution in [3.63, 3.8) is 0 Å². The lowest BCUT2D eigenvalue weighted by atomic mass is 9.81. The number of pyridine rings is 1. The number of aliphatic hydroxyl groups is 1. The van der Waals surface area contributed by atoms with Gasteiger partial charge in [0, 0.05) is 48.8 Å². The summed E-state index contributed by atoms with van der Waals surface area (Å²) in [5, 5.41) is 11.4. The minimum absolute atomic E-state index is 0.00934. The van der Waals surface area contributed by atoms with Crippen LogP contribution in [0.5, 0.6) is 0 Å². The van der Waals surface area contributed by atoms with E-state index in [1.54, 1.807) is 12.4 Å². The van der Waals surface area contributed by atoms with Gasteiger partial charge in [-0.1, -0.05) is 54.6 Å². The summed E-state index contributed by atoms with van der Waals surface area (Å²) in [6.45, 7) is 2.31.